The number of anilines is 1. The van der Waals surface area contributed by atoms with E-state index in [1.165, 1.54) is 20.7 Å². The van der Waals surface area contributed by atoms with Gasteiger partial charge in [0.1, 0.15) is 5.66 Å². The summed E-state index contributed by atoms with van der Waals surface area (Å²) in [5, 5.41) is 6.44. The molecule has 0 radical (unpaired) electrons. The Bertz CT molecular complexity index is 943. The number of rotatable bonds is 7. The number of benzene rings is 1. The molecule has 2 aliphatic heterocycles. The molecular formula is C22H33ClN6O2S. The van der Waals surface area contributed by atoms with Crippen molar-refractivity contribution in [2.45, 2.75) is 19.0 Å². The van der Waals surface area contributed by atoms with Gasteiger partial charge in [-0.3, -0.25) is 10.3 Å². The molecular weight excluding hydrogens is 448 g/mol. The number of hydrazine groups is 1. The van der Waals surface area contributed by atoms with Crippen LogP contribution in [0.2, 0.25) is 0 Å². The Morgan fingerprint density at radius 3 is 2.78 bits per heavy atom. The monoisotopic (exact) mass is 480 g/mol. The molecule has 0 spiro atoms. The number of halogens is 1. The number of amides is 2. The molecule has 1 atom stereocenters. The van der Waals surface area contributed by atoms with Crippen molar-refractivity contribution in [3.05, 3.63) is 41.6 Å². The maximum Gasteiger partial charge on any atom is 0.318 e. The van der Waals surface area contributed by atoms with Crippen LogP contribution in [0.1, 0.15) is 13.3 Å². The van der Waals surface area contributed by atoms with Crippen LogP contribution in [0.15, 0.2) is 41.6 Å². The van der Waals surface area contributed by atoms with E-state index >= 15 is 0 Å². The Morgan fingerprint density at radius 1 is 1.25 bits per heavy atom. The molecule has 2 amide bonds. The molecule has 176 valence electrons. The largest absolute Gasteiger partial charge is 0.478 e. The molecule has 10 heteroatoms. The Balaban J connectivity index is 0.00000289. The molecule has 1 aromatic carbocycles. The number of urea groups is 1. The first-order chi connectivity index (χ1) is 14.9. The van der Waals surface area contributed by atoms with Crippen molar-refractivity contribution < 1.29 is 9.53 Å². The third-order valence-electron chi connectivity index (χ3n) is 5.70. The molecule has 1 aromatic heterocycles. The highest BCUT2D eigenvalue weighted by Crippen LogP contribution is 2.31. The Kier molecular flexibility index (Phi) is 8.10. The normalized spacial score (nSPS) is 21.0. The number of nitrogens with zero attached hydrogens (tertiary/aromatic N) is 3. The van der Waals surface area contributed by atoms with Crippen molar-refractivity contribution in [1.82, 2.24) is 26.0 Å². The minimum Gasteiger partial charge on any atom is -0.478 e. The van der Waals surface area contributed by atoms with Crippen LogP contribution in [0.3, 0.4) is 0 Å². The highest BCUT2D eigenvalue weighted by molar-refractivity contribution is 7.17. The van der Waals surface area contributed by atoms with Gasteiger partial charge in [-0.25, -0.2) is 10.2 Å². The highest BCUT2D eigenvalue weighted by Gasteiger charge is 2.30. The van der Waals surface area contributed by atoms with E-state index in [4.69, 9.17) is 4.74 Å². The summed E-state index contributed by atoms with van der Waals surface area (Å²) in [4.78, 5) is 18.4. The number of ether oxygens (including phenoxy) is 1. The van der Waals surface area contributed by atoms with E-state index in [1.54, 1.807) is 25.4 Å². The minimum atomic E-state index is -0.668. The summed E-state index contributed by atoms with van der Waals surface area (Å²) in [5.41, 5.74) is 6.74. The van der Waals surface area contributed by atoms with Crippen LogP contribution in [-0.4, -0.2) is 74.9 Å². The number of hydrogen-bond donors (Lipinski definition) is 3. The maximum atomic E-state index is 11.9. The standard InChI is InChI=1S/C22H32N6O2S.ClH/c1-22(23-21(29)26(2)3)16-20(24-25-22)30-14-5-9-27-10-12-28(13-11-27)18-6-4-7-19-17(18)8-15-31-19;/h4,6-8,15-16,24-25H,5,9-14H2,1-3H3,(H,23,29);1H. The Hall–Kier alpha value is -2.20. The van der Waals surface area contributed by atoms with Crippen molar-refractivity contribution in [2.24, 2.45) is 0 Å². The fourth-order valence-electron chi connectivity index (χ4n) is 3.94. The molecule has 2 aromatic rings. The summed E-state index contributed by atoms with van der Waals surface area (Å²) in [6.07, 6.45) is 2.82. The number of nitrogens with one attached hydrogen (secondary N) is 3. The highest BCUT2D eigenvalue weighted by atomic mass is 35.5. The van der Waals surface area contributed by atoms with Crippen LogP contribution in [0.4, 0.5) is 10.5 Å². The van der Waals surface area contributed by atoms with Gasteiger partial charge in [0.25, 0.3) is 0 Å². The molecule has 0 aliphatic carbocycles. The second-order valence-corrected chi connectivity index (χ2v) is 9.37. The molecule has 1 unspecified atom stereocenters. The summed E-state index contributed by atoms with van der Waals surface area (Å²) in [6, 6.07) is 8.67. The topological polar surface area (TPSA) is 72.1 Å². The minimum absolute atomic E-state index is 0. The second-order valence-electron chi connectivity index (χ2n) is 8.43. The van der Waals surface area contributed by atoms with E-state index in [-0.39, 0.29) is 18.4 Å². The van der Waals surface area contributed by atoms with Gasteiger partial charge in [-0.1, -0.05) is 6.07 Å². The number of fused-ring (bicyclic) bond motifs is 1. The second kappa shape index (κ2) is 10.6. The average molecular weight is 481 g/mol. The molecule has 0 bridgehead atoms. The summed E-state index contributed by atoms with van der Waals surface area (Å²) in [5.74, 6) is 0.648. The number of hydrogen-bond acceptors (Lipinski definition) is 7. The van der Waals surface area contributed by atoms with Gasteiger partial charge in [-0.2, -0.15) is 0 Å². The van der Waals surface area contributed by atoms with Gasteiger partial charge >= 0.3 is 6.03 Å². The van der Waals surface area contributed by atoms with Crippen LogP contribution in [0, 0.1) is 0 Å². The first-order valence-corrected chi connectivity index (χ1v) is 11.6. The van der Waals surface area contributed by atoms with E-state index in [9.17, 15) is 4.79 Å². The summed E-state index contributed by atoms with van der Waals surface area (Å²) in [7, 11) is 3.43. The van der Waals surface area contributed by atoms with Crippen molar-refractivity contribution in [3.8, 4) is 0 Å². The van der Waals surface area contributed by atoms with Crippen LogP contribution >= 0.6 is 23.7 Å². The third-order valence-corrected chi connectivity index (χ3v) is 6.58. The quantitative estimate of drug-likeness (QED) is 0.529. The predicted octanol–water partition coefficient (Wildman–Crippen LogP) is 2.79. The molecule has 1 fully saturated rings. The molecule has 1 saturated heterocycles. The van der Waals surface area contributed by atoms with Crippen LogP contribution in [0.5, 0.6) is 0 Å². The third kappa shape index (κ3) is 5.78. The van der Waals surface area contributed by atoms with Gasteiger partial charge in [0, 0.05) is 68.7 Å². The lowest BCUT2D eigenvalue weighted by molar-refractivity contribution is 0.163. The summed E-state index contributed by atoms with van der Waals surface area (Å²) < 4.78 is 7.21. The van der Waals surface area contributed by atoms with Gasteiger partial charge in [0.2, 0.25) is 5.88 Å². The number of carbonyl (C=O) groups excluding carboxylic acids is 1. The predicted molar refractivity (Wildman–Crippen MR) is 133 cm³/mol. The van der Waals surface area contributed by atoms with Crippen molar-refractivity contribution in [2.75, 3.05) is 58.3 Å². The van der Waals surface area contributed by atoms with Crippen LogP contribution in [0.25, 0.3) is 10.1 Å². The van der Waals surface area contributed by atoms with Crippen LogP contribution < -0.4 is 21.1 Å². The van der Waals surface area contributed by atoms with Gasteiger partial charge < -0.3 is 19.9 Å². The van der Waals surface area contributed by atoms with Crippen LogP contribution in [-0.2, 0) is 4.74 Å². The molecule has 2 aliphatic rings. The van der Waals surface area contributed by atoms with Gasteiger partial charge in [0.15, 0.2) is 0 Å². The zero-order chi connectivity index (χ0) is 21.8. The van der Waals surface area contributed by atoms with E-state index < -0.39 is 5.66 Å². The van der Waals surface area contributed by atoms with Crippen molar-refractivity contribution in [3.63, 3.8) is 0 Å². The lowest BCUT2D eigenvalue weighted by atomic mass is 10.2. The fraction of sp³-hybridized carbons (Fsp3) is 0.500. The van der Waals surface area contributed by atoms with Gasteiger partial charge in [-0.05, 0) is 36.9 Å². The maximum absolute atomic E-state index is 11.9. The lowest BCUT2D eigenvalue weighted by Gasteiger charge is -2.36. The number of thiophene rings is 1. The SMILES string of the molecule is CN(C)C(=O)NC1(C)C=C(OCCCN2CCN(c3cccc4sccc34)CC2)NN1.Cl. The van der Waals surface area contributed by atoms with Gasteiger partial charge in [-0.15, -0.1) is 23.7 Å². The average Bonchev–Trinajstić information content (AvgIpc) is 3.38. The van der Waals surface area contributed by atoms with Crippen molar-refractivity contribution >= 4 is 45.5 Å². The smallest absolute Gasteiger partial charge is 0.318 e. The fourth-order valence-corrected chi connectivity index (χ4v) is 4.75. The van der Waals surface area contributed by atoms with E-state index in [0.717, 1.165) is 39.1 Å². The summed E-state index contributed by atoms with van der Waals surface area (Å²) >= 11 is 1.81. The van der Waals surface area contributed by atoms with Gasteiger partial charge in [0.05, 0.1) is 6.61 Å². The molecule has 8 nitrogen and oxygen atoms in total. The lowest BCUT2D eigenvalue weighted by Crippen LogP contribution is -2.57. The Morgan fingerprint density at radius 2 is 2.03 bits per heavy atom. The summed E-state index contributed by atoms with van der Waals surface area (Å²) in [6.45, 7) is 7.77. The molecule has 3 heterocycles. The van der Waals surface area contributed by atoms with E-state index in [1.807, 2.05) is 13.0 Å². The van der Waals surface area contributed by atoms with E-state index in [0.29, 0.717) is 12.5 Å². The zero-order valence-electron chi connectivity index (χ0n) is 18.9. The molecule has 0 saturated carbocycles. The number of piperazine rings is 1. The zero-order valence-corrected chi connectivity index (χ0v) is 20.5. The molecule has 4 rings (SSSR count). The Labute approximate surface area is 199 Å². The molecule has 3 N–H and O–H groups in total. The number of carbonyl (C=O) groups is 1. The first kappa shape index (κ1) is 24.4. The first-order valence-electron chi connectivity index (χ1n) is 10.8. The molecule has 32 heavy (non-hydrogen) atoms. The van der Waals surface area contributed by atoms with Crippen molar-refractivity contribution in [1.29, 1.82) is 0 Å². The van der Waals surface area contributed by atoms with E-state index in [2.05, 4.69) is 55.6 Å².